The minimum absolute atomic E-state index is 0.173. The van der Waals surface area contributed by atoms with Gasteiger partial charge in [-0.1, -0.05) is 0 Å². The van der Waals surface area contributed by atoms with Crippen molar-refractivity contribution in [2.45, 2.75) is 58.6 Å². The molecule has 0 saturated carbocycles. The van der Waals surface area contributed by atoms with Gasteiger partial charge in [-0.05, 0) is 59.4 Å². The summed E-state index contributed by atoms with van der Waals surface area (Å²) in [5.41, 5.74) is 1.45. The van der Waals surface area contributed by atoms with Crippen LogP contribution in [0.2, 0.25) is 0 Å². The Kier molecular flexibility index (Phi) is 6.41. The van der Waals surface area contributed by atoms with E-state index in [0.717, 1.165) is 32.5 Å². The molecule has 1 saturated heterocycles. The van der Waals surface area contributed by atoms with Crippen LogP contribution in [0.5, 0.6) is 0 Å². The maximum Gasteiger partial charge on any atom is 0.410 e. The number of hydrogen-bond donors (Lipinski definition) is 1. The summed E-state index contributed by atoms with van der Waals surface area (Å²) in [6, 6.07) is 0.341. The molecule has 2 unspecified atom stereocenters. The van der Waals surface area contributed by atoms with Gasteiger partial charge in [-0.3, -0.25) is 4.98 Å². The number of likely N-dealkylation sites (tertiary alicyclic amines) is 1. The Morgan fingerprint density at radius 2 is 2.35 bits per heavy atom. The first-order valence-corrected chi connectivity index (χ1v) is 9.33. The van der Waals surface area contributed by atoms with E-state index in [-0.39, 0.29) is 6.09 Å². The zero-order chi connectivity index (χ0) is 16.9. The highest BCUT2D eigenvalue weighted by molar-refractivity contribution is 7.09. The first-order chi connectivity index (χ1) is 10.8. The fraction of sp³-hybridized carbons (Fsp3) is 0.765. The average Bonchev–Trinajstić information content (AvgIpc) is 3.00. The molecule has 0 spiro atoms. The maximum absolute atomic E-state index is 12.2. The molecular weight excluding hydrogens is 310 g/mol. The van der Waals surface area contributed by atoms with Gasteiger partial charge >= 0.3 is 6.09 Å². The molecule has 130 valence electrons. The van der Waals surface area contributed by atoms with Crippen LogP contribution < -0.4 is 5.32 Å². The topological polar surface area (TPSA) is 54.5 Å². The highest BCUT2D eigenvalue weighted by atomic mass is 32.1. The fourth-order valence-electron chi connectivity index (χ4n) is 2.84. The third kappa shape index (κ3) is 6.11. The lowest BCUT2D eigenvalue weighted by molar-refractivity contribution is 0.0161. The van der Waals surface area contributed by atoms with Crippen LogP contribution in [0.3, 0.4) is 0 Å². The Morgan fingerprint density at radius 3 is 3.00 bits per heavy atom. The molecule has 0 aliphatic carbocycles. The van der Waals surface area contributed by atoms with Crippen molar-refractivity contribution >= 4 is 17.4 Å². The summed E-state index contributed by atoms with van der Waals surface area (Å²) >= 11 is 1.68. The Hall–Kier alpha value is -1.14. The summed E-state index contributed by atoms with van der Waals surface area (Å²) in [4.78, 5) is 19.4. The third-order valence-corrected chi connectivity index (χ3v) is 5.01. The first-order valence-electron chi connectivity index (χ1n) is 8.45. The number of aromatic nitrogens is 1. The zero-order valence-electron chi connectivity index (χ0n) is 14.7. The van der Waals surface area contributed by atoms with Gasteiger partial charge in [0.1, 0.15) is 5.60 Å². The first kappa shape index (κ1) is 18.2. The molecule has 0 bridgehead atoms. The van der Waals surface area contributed by atoms with Gasteiger partial charge in [0, 0.05) is 30.2 Å². The molecule has 1 aromatic rings. The van der Waals surface area contributed by atoms with E-state index in [1.165, 1.54) is 11.3 Å². The molecule has 6 heteroatoms. The number of carbonyl (C=O) groups is 1. The van der Waals surface area contributed by atoms with E-state index in [9.17, 15) is 4.79 Å². The third-order valence-electron chi connectivity index (χ3n) is 4.05. The zero-order valence-corrected chi connectivity index (χ0v) is 15.5. The Bertz CT molecular complexity index is 485. The molecule has 5 nitrogen and oxygen atoms in total. The number of thiazole rings is 1. The minimum atomic E-state index is -0.421. The van der Waals surface area contributed by atoms with Crippen LogP contribution in [-0.4, -0.2) is 41.2 Å². The van der Waals surface area contributed by atoms with Crippen LogP contribution in [0.4, 0.5) is 4.79 Å². The molecule has 1 aliphatic heterocycles. The van der Waals surface area contributed by atoms with E-state index in [1.807, 2.05) is 37.4 Å². The SMILES string of the molecule is CC(NCCC1CCCN(C(=O)OC(C)(C)C)C1)c1cncs1. The van der Waals surface area contributed by atoms with E-state index < -0.39 is 5.60 Å². The molecular formula is C17H29N3O2S. The van der Waals surface area contributed by atoms with Crippen molar-refractivity contribution in [2.24, 2.45) is 5.92 Å². The second-order valence-electron chi connectivity index (χ2n) is 7.30. The maximum atomic E-state index is 12.2. The number of amides is 1. The quantitative estimate of drug-likeness (QED) is 0.886. The van der Waals surface area contributed by atoms with Crippen molar-refractivity contribution in [3.8, 4) is 0 Å². The monoisotopic (exact) mass is 339 g/mol. The molecule has 1 N–H and O–H groups in total. The van der Waals surface area contributed by atoms with Gasteiger partial charge in [0.15, 0.2) is 0 Å². The van der Waals surface area contributed by atoms with Gasteiger partial charge in [0.2, 0.25) is 0 Å². The number of carbonyl (C=O) groups excluding carboxylic acids is 1. The summed E-state index contributed by atoms with van der Waals surface area (Å²) < 4.78 is 5.48. The van der Waals surface area contributed by atoms with E-state index in [1.54, 1.807) is 11.3 Å². The van der Waals surface area contributed by atoms with E-state index >= 15 is 0 Å². The molecule has 0 aromatic carbocycles. The lowest BCUT2D eigenvalue weighted by Gasteiger charge is -2.34. The van der Waals surface area contributed by atoms with Crippen LogP contribution in [0.15, 0.2) is 11.7 Å². The summed E-state index contributed by atoms with van der Waals surface area (Å²) in [5, 5.41) is 3.55. The van der Waals surface area contributed by atoms with Gasteiger partial charge in [0.25, 0.3) is 0 Å². The van der Waals surface area contributed by atoms with E-state index in [0.29, 0.717) is 12.0 Å². The van der Waals surface area contributed by atoms with Crippen molar-refractivity contribution < 1.29 is 9.53 Å². The lowest BCUT2D eigenvalue weighted by atomic mass is 9.95. The number of ether oxygens (including phenoxy) is 1. The Labute approximate surface area is 143 Å². The second kappa shape index (κ2) is 8.11. The van der Waals surface area contributed by atoms with Crippen LogP contribution >= 0.6 is 11.3 Å². The van der Waals surface area contributed by atoms with Crippen molar-refractivity contribution in [3.63, 3.8) is 0 Å². The predicted octanol–water partition coefficient (Wildman–Crippen LogP) is 3.83. The predicted molar refractivity (Wildman–Crippen MR) is 93.7 cm³/mol. The summed E-state index contributed by atoms with van der Waals surface area (Å²) in [7, 11) is 0. The van der Waals surface area contributed by atoms with Gasteiger partial charge in [-0.25, -0.2) is 4.79 Å². The van der Waals surface area contributed by atoms with E-state index in [2.05, 4.69) is 17.2 Å². The minimum Gasteiger partial charge on any atom is -0.444 e. The van der Waals surface area contributed by atoms with Crippen molar-refractivity contribution in [1.82, 2.24) is 15.2 Å². The van der Waals surface area contributed by atoms with Crippen molar-refractivity contribution in [2.75, 3.05) is 19.6 Å². The molecule has 2 heterocycles. The van der Waals surface area contributed by atoms with Gasteiger partial charge in [-0.15, -0.1) is 11.3 Å². The lowest BCUT2D eigenvalue weighted by Crippen LogP contribution is -2.43. The number of piperidine rings is 1. The molecule has 1 fully saturated rings. The number of rotatable bonds is 5. The summed E-state index contributed by atoms with van der Waals surface area (Å²) in [6.07, 6.45) is 5.09. The smallest absolute Gasteiger partial charge is 0.410 e. The van der Waals surface area contributed by atoms with E-state index in [4.69, 9.17) is 4.74 Å². The van der Waals surface area contributed by atoms with Crippen LogP contribution in [0.25, 0.3) is 0 Å². The molecule has 1 aliphatic rings. The normalized spacial score (nSPS) is 20.3. The molecule has 23 heavy (non-hydrogen) atoms. The van der Waals surface area contributed by atoms with Crippen molar-refractivity contribution in [3.05, 3.63) is 16.6 Å². The summed E-state index contributed by atoms with van der Waals surface area (Å²) in [5.74, 6) is 0.553. The van der Waals surface area contributed by atoms with Gasteiger partial charge < -0.3 is 15.0 Å². The highest BCUT2D eigenvalue weighted by Crippen LogP contribution is 2.22. The standard InChI is InChI=1S/C17H29N3O2S/c1-13(15-10-18-12-23-15)19-8-7-14-6-5-9-20(11-14)16(21)22-17(2,3)4/h10,12-14,19H,5-9,11H2,1-4H3. The van der Waals surface area contributed by atoms with Gasteiger partial charge in [0.05, 0.1) is 5.51 Å². The van der Waals surface area contributed by atoms with Crippen LogP contribution in [0, 0.1) is 5.92 Å². The van der Waals surface area contributed by atoms with Crippen LogP contribution in [-0.2, 0) is 4.74 Å². The second-order valence-corrected chi connectivity index (χ2v) is 8.22. The largest absolute Gasteiger partial charge is 0.444 e. The summed E-state index contributed by atoms with van der Waals surface area (Å²) in [6.45, 7) is 10.5. The number of hydrogen-bond acceptors (Lipinski definition) is 5. The molecule has 1 aromatic heterocycles. The molecule has 2 rings (SSSR count). The van der Waals surface area contributed by atoms with Gasteiger partial charge in [-0.2, -0.15) is 0 Å². The van der Waals surface area contributed by atoms with Crippen molar-refractivity contribution in [1.29, 1.82) is 0 Å². The average molecular weight is 340 g/mol. The fourth-order valence-corrected chi connectivity index (χ4v) is 3.49. The Morgan fingerprint density at radius 1 is 1.57 bits per heavy atom. The number of nitrogens with zero attached hydrogens (tertiary/aromatic N) is 2. The Balaban J connectivity index is 1.72. The molecule has 2 atom stereocenters. The number of nitrogens with one attached hydrogen (secondary N) is 1. The highest BCUT2D eigenvalue weighted by Gasteiger charge is 2.27. The van der Waals surface area contributed by atoms with Crippen LogP contribution in [0.1, 0.15) is 57.9 Å². The molecule has 0 radical (unpaired) electrons. The molecule has 1 amide bonds.